The molecule has 5 heteroatoms. The fraction of sp³-hybridized carbons (Fsp3) is 0.500. The summed E-state index contributed by atoms with van der Waals surface area (Å²) >= 11 is 3.53. The molecule has 3 heterocycles. The van der Waals surface area contributed by atoms with Gasteiger partial charge in [0, 0.05) is 24.4 Å². The molecule has 2 fully saturated rings. The number of amides is 1. The summed E-state index contributed by atoms with van der Waals surface area (Å²) in [6, 6.07) is 14.2. The van der Waals surface area contributed by atoms with Gasteiger partial charge >= 0.3 is 0 Å². The SMILES string of the molecule is CC(C)(CC1(c2ccsc2)CCN(C(=O)C(O)(c2ccccc2)C2CCCC2)CC1)c1ccsc1. The molecule has 3 aromatic rings. The minimum atomic E-state index is -1.42. The average Bonchev–Trinajstić information content (AvgIpc) is 3.67. The quantitative estimate of drug-likeness (QED) is 0.370. The number of thiophene rings is 2. The van der Waals surface area contributed by atoms with Crippen molar-refractivity contribution in [3.8, 4) is 0 Å². The zero-order valence-corrected chi connectivity index (χ0v) is 22.5. The number of likely N-dealkylation sites (tertiary alicyclic amines) is 1. The van der Waals surface area contributed by atoms with E-state index in [0.29, 0.717) is 13.1 Å². The molecular weight excluding hydrogens is 470 g/mol. The number of carbonyl (C=O) groups is 1. The van der Waals surface area contributed by atoms with Gasteiger partial charge in [-0.05, 0) is 87.9 Å². The van der Waals surface area contributed by atoms with E-state index >= 15 is 0 Å². The predicted molar refractivity (Wildman–Crippen MR) is 146 cm³/mol. The maximum atomic E-state index is 14.1. The second kappa shape index (κ2) is 9.84. The third kappa shape index (κ3) is 4.63. The lowest BCUT2D eigenvalue weighted by Gasteiger charge is -2.47. The van der Waals surface area contributed by atoms with E-state index in [9.17, 15) is 9.90 Å². The van der Waals surface area contributed by atoms with Crippen LogP contribution in [0.4, 0.5) is 0 Å². The Morgan fingerprint density at radius 3 is 2.23 bits per heavy atom. The van der Waals surface area contributed by atoms with Crippen molar-refractivity contribution < 1.29 is 9.90 Å². The first kappa shape index (κ1) is 24.7. The van der Waals surface area contributed by atoms with E-state index in [2.05, 4.69) is 47.5 Å². The highest BCUT2D eigenvalue weighted by Crippen LogP contribution is 2.48. The number of nitrogens with zero attached hydrogens (tertiary/aromatic N) is 1. The summed E-state index contributed by atoms with van der Waals surface area (Å²) in [5, 5.41) is 21.0. The molecule has 2 aliphatic rings. The van der Waals surface area contributed by atoms with Crippen molar-refractivity contribution in [2.75, 3.05) is 13.1 Å². The predicted octanol–water partition coefficient (Wildman–Crippen LogP) is 7.12. The van der Waals surface area contributed by atoms with Crippen LogP contribution in [0.2, 0.25) is 0 Å². The summed E-state index contributed by atoms with van der Waals surface area (Å²) < 4.78 is 0. The van der Waals surface area contributed by atoms with Crippen LogP contribution in [0, 0.1) is 5.92 Å². The summed E-state index contributed by atoms with van der Waals surface area (Å²) in [7, 11) is 0. The maximum Gasteiger partial charge on any atom is 0.259 e. The third-order valence-corrected chi connectivity index (χ3v) is 10.1. The highest BCUT2D eigenvalue weighted by Gasteiger charge is 2.50. The van der Waals surface area contributed by atoms with Gasteiger partial charge in [0.1, 0.15) is 0 Å². The van der Waals surface area contributed by atoms with Gasteiger partial charge in [-0.1, -0.05) is 57.0 Å². The molecule has 1 N–H and O–H groups in total. The fourth-order valence-electron chi connectivity index (χ4n) is 6.68. The van der Waals surface area contributed by atoms with Crippen LogP contribution < -0.4 is 0 Å². The standard InChI is InChI=1S/C30H37NO2S2/c1-28(2,25-12-18-34-20-25)22-29(26-13-19-35-21-26)14-16-31(17-15-29)27(32)30(33,24-10-6-7-11-24)23-8-4-3-5-9-23/h3-5,8-9,12-13,18-21,24,33H,6-7,10-11,14-17,22H2,1-2H3. The summed E-state index contributed by atoms with van der Waals surface area (Å²) in [4.78, 5) is 16.0. The molecule has 186 valence electrons. The molecule has 1 atom stereocenters. The largest absolute Gasteiger partial charge is 0.375 e. The molecule has 35 heavy (non-hydrogen) atoms. The molecule has 5 rings (SSSR count). The molecule has 0 bridgehead atoms. The first-order chi connectivity index (χ1) is 16.9. The van der Waals surface area contributed by atoms with Crippen LogP contribution in [0.1, 0.15) is 75.5 Å². The van der Waals surface area contributed by atoms with Crippen molar-refractivity contribution in [3.05, 3.63) is 80.7 Å². The minimum absolute atomic E-state index is 0.00141. The Morgan fingerprint density at radius 1 is 0.971 bits per heavy atom. The number of piperidine rings is 1. The smallest absolute Gasteiger partial charge is 0.259 e. The molecule has 0 spiro atoms. The molecule has 2 aromatic heterocycles. The Morgan fingerprint density at radius 2 is 1.63 bits per heavy atom. The van der Waals surface area contributed by atoms with Crippen LogP contribution in [-0.2, 0) is 21.2 Å². The molecule has 1 saturated heterocycles. The summed E-state index contributed by atoms with van der Waals surface area (Å²) in [6.45, 7) is 6.09. The van der Waals surface area contributed by atoms with E-state index in [-0.39, 0.29) is 22.7 Å². The van der Waals surface area contributed by atoms with Crippen molar-refractivity contribution >= 4 is 28.6 Å². The fourth-order valence-corrected chi connectivity index (χ4v) is 8.31. The van der Waals surface area contributed by atoms with Gasteiger partial charge in [-0.25, -0.2) is 0 Å². The summed E-state index contributed by atoms with van der Waals surface area (Å²) in [6.07, 6.45) is 6.92. The van der Waals surface area contributed by atoms with Crippen LogP contribution in [0.25, 0.3) is 0 Å². The van der Waals surface area contributed by atoms with Crippen molar-refractivity contribution in [2.24, 2.45) is 5.92 Å². The number of carbonyl (C=O) groups excluding carboxylic acids is 1. The molecule has 1 aliphatic carbocycles. The molecule has 3 nitrogen and oxygen atoms in total. The van der Waals surface area contributed by atoms with Gasteiger partial charge in [0.15, 0.2) is 5.60 Å². The van der Waals surface area contributed by atoms with Gasteiger partial charge in [-0.15, -0.1) is 0 Å². The van der Waals surface area contributed by atoms with Gasteiger partial charge in [0.25, 0.3) is 5.91 Å². The van der Waals surface area contributed by atoms with E-state index in [1.165, 1.54) is 11.1 Å². The lowest BCUT2D eigenvalue weighted by Crippen LogP contribution is -2.55. The Hall–Kier alpha value is -1.95. The van der Waals surface area contributed by atoms with E-state index in [0.717, 1.165) is 50.5 Å². The molecule has 1 unspecified atom stereocenters. The van der Waals surface area contributed by atoms with Crippen molar-refractivity contribution in [1.82, 2.24) is 4.90 Å². The highest BCUT2D eigenvalue weighted by molar-refractivity contribution is 7.08. The molecular formula is C30H37NO2S2. The van der Waals surface area contributed by atoms with Gasteiger partial charge in [-0.3, -0.25) is 4.79 Å². The van der Waals surface area contributed by atoms with Crippen molar-refractivity contribution in [1.29, 1.82) is 0 Å². The van der Waals surface area contributed by atoms with Crippen LogP contribution in [0.5, 0.6) is 0 Å². The first-order valence-corrected chi connectivity index (χ1v) is 14.9. The normalized spacial score (nSPS) is 20.6. The Balaban J connectivity index is 1.40. The summed E-state index contributed by atoms with van der Waals surface area (Å²) in [5.74, 6) is -0.0925. The molecule has 1 saturated carbocycles. The number of hydrogen-bond acceptors (Lipinski definition) is 4. The first-order valence-electron chi connectivity index (χ1n) is 13.0. The molecule has 1 amide bonds. The van der Waals surface area contributed by atoms with Gasteiger partial charge < -0.3 is 10.0 Å². The van der Waals surface area contributed by atoms with Gasteiger partial charge in [0.05, 0.1) is 0 Å². The number of hydrogen-bond donors (Lipinski definition) is 1. The van der Waals surface area contributed by atoms with Crippen LogP contribution in [-0.4, -0.2) is 29.0 Å². The number of aliphatic hydroxyl groups is 1. The average molecular weight is 508 g/mol. The Bertz CT molecular complexity index is 1090. The second-order valence-electron chi connectivity index (χ2n) is 11.3. The Kier molecular flexibility index (Phi) is 6.95. The molecule has 1 aliphatic heterocycles. The topological polar surface area (TPSA) is 40.5 Å². The van der Waals surface area contributed by atoms with E-state index in [1.807, 2.05) is 35.2 Å². The van der Waals surface area contributed by atoms with Crippen LogP contribution in [0.15, 0.2) is 64.0 Å². The van der Waals surface area contributed by atoms with Crippen molar-refractivity contribution in [2.45, 2.75) is 75.2 Å². The number of benzene rings is 1. The Labute approximate surface area is 217 Å². The van der Waals surface area contributed by atoms with Gasteiger partial charge in [-0.2, -0.15) is 22.7 Å². The number of rotatable bonds is 7. The monoisotopic (exact) mass is 507 g/mol. The lowest BCUT2D eigenvalue weighted by atomic mass is 9.63. The molecule has 1 aromatic carbocycles. The van der Waals surface area contributed by atoms with E-state index in [4.69, 9.17) is 0 Å². The van der Waals surface area contributed by atoms with Crippen molar-refractivity contribution in [3.63, 3.8) is 0 Å². The van der Waals surface area contributed by atoms with E-state index in [1.54, 1.807) is 22.7 Å². The second-order valence-corrected chi connectivity index (χ2v) is 12.8. The maximum absolute atomic E-state index is 14.1. The minimum Gasteiger partial charge on any atom is -0.375 e. The van der Waals surface area contributed by atoms with Gasteiger partial charge in [0.2, 0.25) is 0 Å². The third-order valence-electron chi connectivity index (χ3n) is 8.71. The van der Waals surface area contributed by atoms with E-state index < -0.39 is 5.60 Å². The highest BCUT2D eigenvalue weighted by atomic mass is 32.1. The van der Waals surface area contributed by atoms with Crippen LogP contribution >= 0.6 is 22.7 Å². The lowest BCUT2D eigenvalue weighted by molar-refractivity contribution is -0.161. The van der Waals surface area contributed by atoms with Crippen LogP contribution in [0.3, 0.4) is 0 Å². The molecule has 0 radical (unpaired) electrons. The zero-order valence-electron chi connectivity index (χ0n) is 20.9. The summed E-state index contributed by atoms with van der Waals surface area (Å²) in [5.41, 5.74) is 2.24. The zero-order chi connectivity index (χ0) is 24.5.